The lowest BCUT2D eigenvalue weighted by atomic mass is 9.69. The Balaban J connectivity index is 1.89. The molecule has 1 aliphatic heterocycles. The zero-order valence-corrected chi connectivity index (χ0v) is 11.7. The maximum Gasteiger partial charge on any atom is 0.277 e. The number of rotatable bonds is 5. The van der Waals surface area contributed by atoms with Gasteiger partial charge in [-0.15, -0.1) is 0 Å². The summed E-state index contributed by atoms with van der Waals surface area (Å²) in [6.45, 7) is 5.04. The Morgan fingerprint density at radius 1 is 1.44 bits per heavy atom. The largest absolute Gasteiger partial charge is 0.376 e. The molecule has 2 aliphatic rings. The van der Waals surface area contributed by atoms with Crippen LogP contribution in [0.5, 0.6) is 0 Å². The Hall–Kier alpha value is -0.210. The van der Waals surface area contributed by atoms with Gasteiger partial charge in [-0.1, -0.05) is 13.8 Å². The quantitative estimate of drug-likeness (QED) is 0.636. The third-order valence-electron chi connectivity index (χ3n) is 3.65. The molecule has 6 nitrogen and oxygen atoms in total. The second-order valence-corrected chi connectivity index (χ2v) is 7.14. The molecule has 1 saturated heterocycles. The van der Waals surface area contributed by atoms with E-state index in [4.69, 9.17) is 10.5 Å². The predicted octanol–water partition coefficient (Wildman–Crippen LogP) is -0.429. The first-order chi connectivity index (χ1) is 8.41. The van der Waals surface area contributed by atoms with Crippen molar-refractivity contribution in [1.82, 2.24) is 9.44 Å². The molecule has 0 aromatic carbocycles. The minimum Gasteiger partial charge on any atom is -0.376 e. The third-order valence-corrected chi connectivity index (χ3v) is 4.78. The van der Waals surface area contributed by atoms with Crippen molar-refractivity contribution in [3.63, 3.8) is 0 Å². The van der Waals surface area contributed by atoms with E-state index < -0.39 is 10.2 Å². The van der Waals surface area contributed by atoms with Crippen LogP contribution < -0.4 is 15.2 Å². The van der Waals surface area contributed by atoms with Crippen LogP contribution in [0.15, 0.2) is 0 Å². The first kappa shape index (κ1) is 14.2. The summed E-state index contributed by atoms with van der Waals surface area (Å²) in [4.78, 5) is 0. The maximum atomic E-state index is 11.8. The van der Waals surface area contributed by atoms with Crippen molar-refractivity contribution in [3.8, 4) is 0 Å². The molecule has 18 heavy (non-hydrogen) atoms. The molecule has 4 unspecified atom stereocenters. The molecule has 0 aromatic rings. The van der Waals surface area contributed by atoms with E-state index in [9.17, 15) is 8.42 Å². The minimum absolute atomic E-state index is 0.0515. The van der Waals surface area contributed by atoms with E-state index in [-0.39, 0.29) is 24.1 Å². The zero-order chi connectivity index (χ0) is 13.3. The number of hydrogen-bond donors (Lipinski definition) is 3. The predicted molar refractivity (Wildman–Crippen MR) is 69.1 cm³/mol. The third kappa shape index (κ3) is 3.03. The summed E-state index contributed by atoms with van der Waals surface area (Å²) in [5.74, 6) is 0.576. The molecule has 106 valence electrons. The summed E-state index contributed by atoms with van der Waals surface area (Å²) in [5.41, 5.74) is 6.01. The summed E-state index contributed by atoms with van der Waals surface area (Å²) in [6, 6.07) is -0.425. The van der Waals surface area contributed by atoms with E-state index in [1.807, 2.05) is 13.8 Å². The molecule has 0 aromatic heterocycles. The van der Waals surface area contributed by atoms with E-state index in [0.29, 0.717) is 19.1 Å². The molecule has 0 amide bonds. The van der Waals surface area contributed by atoms with Crippen LogP contribution in [0.2, 0.25) is 0 Å². The van der Waals surface area contributed by atoms with Crippen molar-refractivity contribution >= 4 is 10.2 Å². The van der Waals surface area contributed by atoms with E-state index in [1.165, 1.54) is 0 Å². The summed E-state index contributed by atoms with van der Waals surface area (Å²) >= 11 is 0. The highest BCUT2D eigenvalue weighted by Gasteiger charge is 2.51. The van der Waals surface area contributed by atoms with Crippen LogP contribution >= 0.6 is 0 Å². The van der Waals surface area contributed by atoms with Crippen molar-refractivity contribution < 1.29 is 13.2 Å². The minimum atomic E-state index is -3.48. The normalized spacial score (nSPS) is 36.2. The van der Waals surface area contributed by atoms with Crippen LogP contribution in [-0.4, -0.2) is 39.8 Å². The van der Waals surface area contributed by atoms with Crippen molar-refractivity contribution in [2.75, 3.05) is 13.2 Å². The Morgan fingerprint density at radius 2 is 2.17 bits per heavy atom. The van der Waals surface area contributed by atoms with Crippen LogP contribution in [0.25, 0.3) is 0 Å². The van der Waals surface area contributed by atoms with Crippen LogP contribution in [0.1, 0.15) is 26.7 Å². The molecule has 1 saturated carbocycles. The van der Waals surface area contributed by atoms with Gasteiger partial charge in [0.15, 0.2) is 0 Å². The van der Waals surface area contributed by atoms with Crippen molar-refractivity contribution in [2.24, 2.45) is 17.6 Å². The Bertz CT molecular complexity index is 385. The first-order valence-electron chi connectivity index (χ1n) is 6.55. The first-order valence-corrected chi connectivity index (χ1v) is 8.03. The maximum absolute atomic E-state index is 11.8. The van der Waals surface area contributed by atoms with Crippen molar-refractivity contribution in [3.05, 3.63) is 0 Å². The van der Waals surface area contributed by atoms with Gasteiger partial charge in [0.05, 0.1) is 12.1 Å². The molecule has 2 fully saturated rings. The number of ether oxygens (including phenoxy) is 1. The summed E-state index contributed by atoms with van der Waals surface area (Å²) < 4.78 is 34.4. The van der Waals surface area contributed by atoms with E-state index in [0.717, 1.165) is 12.8 Å². The van der Waals surface area contributed by atoms with E-state index in [1.54, 1.807) is 0 Å². The van der Waals surface area contributed by atoms with Gasteiger partial charge in [-0.3, -0.25) is 0 Å². The smallest absolute Gasteiger partial charge is 0.277 e. The molecule has 1 aliphatic carbocycles. The molecule has 4 atom stereocenters. The molecule has 0 spiro atoms. The highest BCUT2D eigenvalue weighted by molar-refractivity contribution is 7.87. The van der Waals surface area contributed by atoms with Crippen molar-refractivity contribution in [1.29, 1.82) is 0 Å². The number of fused-ring (bicyclic) bond motifs is 1. The second-order valence-electron chi connectivity index (χ2n) is 5.61. The van der Waals surface area contributed by atoms with E-state index >= 15 is 0 Å². The molecule has 0 bridgehead atoms. The highest BCUT2D eigenvalue weighted by atomic mass is 32.2. The lowest BCUT2D eigenvalue weighted by Gasteiger charge is -2.52. The lowest BCUT2D eigenvalue weighted by molar-refractivity contribution is -0.114. The fourth-order valence-electron chi connectivity index (χ4n) is 2.59. The number of nitrogens with one attached hydrogen (secondary N) is 2. The Labute approximate surface area is 109 Å². The molecule has 4 N–H and O–H groups in total. The van der Waals surface area contributed by atoms with Gasteiger partial charge >= 0.3 is 0 Å². The van der Waals surface area contributed by atoms with Crippen LogP contribution in [0.4, 0.5) is 0 Å². The monoisotopic (exact) mass is 277 g/mol. The van der Waals surface area contributed by atoms with Gasteiger partial charge in [0.1, 0.15) is 0 Å². The highest BCUT2D eigenvalue weighted by Crippen LogP contribution is 2.37. The molecule has 0 radical (unpaired) electrons. The van der Waals surface area contributed by atoms with Crippen LogP contribution in [0.3, 0.4) is 0 Å². The van der Waals surface area contributed by atoms with Gasteiger partial charge < -0.3 is 10.5 Å². The molecule has 1 heterocycles. The number of nitrogens with two attached hydrogens (primary N) is 1. The van der Waals surface area contributed by atoms with Gasteiger partial charge in [-0.2, -0.15) is 13.1 Å². The second kappa shape index (κ2) is 5.42. The van der Waals surface area contributed by atoms with Gasteiger partial charge in [0.2, 0.25) is 0 Å². The topological polar surface area (TPSA) is 93.5 Å². The molecule has 7 heteroatoms. The van der Waals surface area contributed by atoms with Crippen LogP contribution in [-0.2, 0) is 14.9 Å². The van der Waals surface area contributed by atoms with E-state index in [2.05, 4.69) is 9.44 Å². The van der Waals surface area contributed by atoms with Crippen LogP contribution in [0, 0.1) is 11.8 Å². The fraction of sp³-hybridized carbons (Fsp3) is 1.00. The molecular formula is C11H23N3O3S. The van der Waals surface area contributed by atoms with Gasteiger partial charge in [0.25, 0.3) is 10.2 Å². The lowest BCUT2D eigenvalue weighted by Crippen LogP contribution is -2.72. The average Bonchev–Trinajstić information content (AvgIpc) is 2.33. The van der Waals surface area contributed by atoms with Gasteiger partial charge in [-0.05, 0) is 18.8 Å². The zero-order valence-electron chi connectivity index (χ0n) is 10.9. The summed E-state index contributed by atoms with van der Waals surface area (Å²) in [7, 11) is -3.48. The summed E-state index contributed by atoms with van der Waals surface area (Å²) in [6.07, 6.45) is 1.99. The number of hydrogen-bond acceptors (Lipinski definition) is 4. The van der Waals surface area contributed by atoms with Crippen molar-refractivity contribution in [2.45, 2.75) is 44.9 Å². The SMILES string of the molecule is CC(C)CNS(=O)(=O)NC1C(N)C2CCCOC21. The standard InChI is InChI=1S/C11H23N3O3S/c1-7(2)6-13-18(15,16)14-10-9(12)8-4-3-5-17-11(8)10/h7-11,13-14H,3-6,12H2,1-2H3. The molecular weight excluding hydrogens is 254 g/mol. The fourth-order valence-corrected chi connectivity index (χ4v) is 3.88. The molecule has 2 rings (SSSR count). The average molecular weight is 277 g/mol. The van der Waals surface area contributed by atoms with Gasteiger partial charge in [0, 0.05) is 25.1 Å². The van der Waals surface area contributed by atoms with Gasteiger partial charge in [-0.25, -0.2) is 4.72 Å². The Kier molecular flexibility index (Phi) is 4.28. The Morgan fingerprint density at radius 3 is 2.83 bits per heavy atom. The summed E-state index contributed by atoms with van der Waals surface area (Å²) in [5, 5.41) is 0.